The molecule has 2 saturated carbocycles. The number of benzene rings is 1. The minimum atomic E-state index is -1.02. The molecule has 1 heterocycles. The van der Waals surface area contributed by atoms with Gasteiger partial charge in [0.2, 0.25) is 0 Å². The first-order valence-corrected chi connectivity index (χ1v) is 13.5. The second kappa shape index (κ2) is 9.65. The summed E-state index contributed by atoms with van der Waals surface area (Å²) in [4.78, 5) is 17.2. The van der Waals surface area contributed by atoms with Gasteiger partial charge in [0.1, 0.15) is 5.60 Å². The van der Waals surface area contributed by atoms with Gasteiger partial charge in [-0.1, -0.05) is 32.3 Å². The van der Waals surface area contributed by atoms with E-state index in [9.17, 15) is 15.0 Å². The molecule has 6 atom stereocenters. The molecule has 1 aromatic heterocycles. The highest BCUT2D eigenvalue weighted by Crippen LogP contribution is 2.64. The van der Waals surface area contributed by atoms with E-state index in [1.54, 1.807) is 6.20 Å². The van der Waals surface area contributed by atoms with Gasteiger partial charge in [0.25, 0.3) is 5.91 Å². The third kappa shape index (κ3) is 4.15. The van der Waals surface area contributed by atoms with Crippen LogP contribution >= 0.6 is 0 Å². The van der Waals surface area contributed by atoms with Crippen molar-refractivity contribution < 1.29 is 15.0 Å². The van der Waals surface area contributed by atoms with Gasteiger partial charge in [0.05, 0.1) is 17.5 Å². The minimum absolute atomic E-state index is 0.0416. The maximum absolute atomic E-state index is 13.0. The van der Waals surface area contributed by atoms with Crippen molar-refractivity contribution in [1.29, 1.82) is 0 Å². The Morgan fingerprint density at radius 3 is 2.89 bits per heavy atom. The number of anilines is 1. The van der Waals surface area contributed by atoms with Crippen molar-refractivity contribution in [2.24, 2.45) is 17.3 Å². The highest BCUT2D eigenvalue weighted by atomic mass is 16.3. The quantitative estimate of drug-likeness (QED) is 0.400. The number of hydrogen-bond acceptors (Lipinski definition) is 4. The highest BCUT2D eigenvalue weighted by molar-refractivity contribution is 6.04. The lowest BCUT2D eigenvalue weighted by Gasteiger charge is -2.54. The number of nitrogens with zero attached hydrogens (tertiary/aromatic N) is 1. The van der Waals surface area contributed by atoms with E-state index in [1.165, 1.54) is 5.56 Å². The van der Waals surface area contributed by atoms with Crippen LogP contribution in [0.2, 0.25) is 0 Å². The van der Waals surface area contributed by atoms with Crippen LogP contribution in [-0.4, -0.2) is 32.8 Å². The number of amides is 1. The van der Waals surface area contributed by atoms with Crippen LogP contribution in [0.25, 0.3) is 0 Å². The Morgan fingerprint density at radius 1 is 1.28 bits per heavy atom. The molecule has 2 fully saturated rings. The first kappa shape index (κ1) is 25.0. The molecule has 3 aliphatic rings. The van der Waals surface area contributed by atoms with E-state index in [-0.39, 0.29) is 11.8 Å². The number of pyridine rings is 1. The van der Waals surface area contributed by atoms with Crippen molar-refractivity contribution in [2.75, 3.05) is 5.32 Å². The third-order valence-electron chi connectivity index (χ3n) is 9.32. The number of aliphatic hydroxyl groups is 2. The lowest BCUT2D eigenvalue weighted by atomic mass is 9.52. The predicted molar refractivity (Wildman–Crippen MR) is 142 cm³/mol. The molecule has 36 heavy (non-hydrogen) atoms. The molecule has 5 rings (SSSR count). The number of rotatable bonds is 4. The fourth-order valence-electron chi connectivity index (χ4n) is 7.30. The molecule has 1 amide bonds. The van der Waals surface area contributed by atoms with E-state index < -0.39 is 17.1 Å². The molecule has 0 spiro atoms. The summed E-state index contributed by atoms with van der Waals surface area (Å²) in [6, 6.07) is 9.60. The van der Waals surface area contributed by atoms with Crippen LogP contribution in [0.3, 0.4) is 0 Å². The molecule has 1 aromatic carbocycles. The normalized spacial score (nSPS) is 32.5. The molecule has 5 heteroatoms. The molecule has 5 nitrogen and oxygen atoms in total. The average molecular weight is 487 g/mol. The van der Waals surface area contributed by atoms with E-state index in [4.69, 9.17) is 0 Å². The number of nitrogens with one attached hydrogen (secondary N) is 1. The Labute approximate surface area is 214 Å². The molecule has 0 bridgehead atoms. The second-order valence-electron chi connectivity index (χ2n) is 11.3. The number of unbranched alkanes of at least 4 members (excludes halogenated alkanes) is 2. The number of aromatic nitrogens is 1. The summed E-state index contributed by atoms with van der Waals surface area (Å²) in [5.74, 6) is 7.05. The number of carbonyl (C=O) groups excluding carboxylic acids is 1. The minimum Gasteiger partial charge on any atom is -0.392 e. The number of aliphatic hydroxyl groups excluding tert-OH is 1. The Balaban J connectivity index is 1.38. The van der Waals surface area contributed by atoms with Crippen molar-refractivity contribution >= 4 is 11.6 Å². The highest BCUT2D eigenvalue weighted by Gasteiger charge is 2.63. The molecule has 190 valence electrons. The monoisotopic (exact) mass is 486 g/mol. The Bertz CT molecular complexity index is 1210. The van der Waals surface area contributed by atoms with Crippen LogP contribution in [0.1, 0.15) is 91.9 Å². The Morgan fingerprint density at radius 2 is 2.11 bits per heavy atom. The summed E-state index contributed by atoms with van der Waals surface area (Å²) in [6.45, 7) is 6.18. The van der Waals surface area contributed by atoms with Crippen LogP contribution in [0.4, 0.5) is 5.69 Å². The molecule has 3 aliphatic carbocycles. The van der Waals surface area contributed by atoms with Gasteiger partial charge in [-0.3, -0.25) is 9.78 Å². The van der Waals surface area contributed by atoms with Gasteiger partial charge in [-0.15, -0.1) is 5.92 Å². The fourth-order valence-corrected chi connectivity index (χ4v) is 7.30. The molecular weight excluding hydrogens is 448 g/mol. The van der Waals surface area contributed by atoms with E-state index >= 15 is 0 Å². The third-order valence-corrected chi connectivity index (χ3v) is 9.32. The standard InChI is InChI=1S/C31H38N2O3/c1-4-5-6-7-15-31(36)16-14-25-24-13-10-21-18-22(29(35)33-26-9-8-17-32-20(26)2)11-12-23(21)28(24)27(34)19-30(25,31)3/h8-9,11-12,17-18,24-25,27-28,34,36H,4-6,10,13-14,16,19H2,1-3H3,(H,33,35)/t24-,25-,27-,28+,30-,31-/m0/s1. The summed E-state index contributed by atoms with van der Waals surface area (Å²) >= 11 is 0. The molecular formula is C31H38N2O3. The van der Waals surface area contributed by atoms with Crippen molar-refractivity contribution in [3.8, 4) is 11.8 Å². The molecule has 0 saturated heterocycles. The second-order valence-corrected chi connectivity index (χ2v) is 11.3. The van der Waals surface area contributed by atoms with Crippen molar-refractivity contribution in [2.45, 2.75) is 89.8 Å². The van der Waals surface area contributed by atoms with Crippen molar-refractivity contribution in [1.82, 2.24) is 4.98 Å². The molecule has 2 aromatic rings. The predicted octanol–water partition coefficient (Wildman–Crippen LogP) is 5.39. The van der Waals surface area contributed by atoms with Gasteiger partial charge in [0, 0.05) is 29.5 Å². The van der Waals surface area contributed by atoms with Crippen LogP contribution in [-0.2, 0) is 6.42 Å². The van der Waals surface area contributed by atoms with Crippen molar-refractivity contribution in [3.63, 3.8) is 0 Å². The first-order valence-electron chi connectivity index (χ1n) is 13.5. The van der Waals surface area contributed by atoms with Crippen LogP contribution < -0.4 is 5.32 Å². The van der Waals surface area contributed by atoms with E-state index in [1.807, 2.05) is 31.2 Å². The van der Waals surface area contributed by atoms with Crippen molar-refractivity contribution in [3.05, 3.63) is 58.9 Å². The first-order chi connectivity index (χ1) is 17.3. The smallest absolute Gasteiger partial charge is 0.255 e. The SMILES string of the molecule is CCCCC#C[C@]1(O)CC[C@H]2[C@@H]3CCc4cc(C(=O)Nc5cccnc5C)ccc4[C@H]3[C@@H](O)C[C@@]21C. The zero-order valence-electron chi connectivity index (χ0n) is 21.7. The molecule has 0 unspecified atom stereocenters. The van der Waals surface area contributed by atoms with Gasteiger partial charge in [-0.25, -0.2) is 0 Å². The van der Waals surface area contributed by atoms with Gasteiger partial charge in [-0.05, 0) is 92.7 Å². The molecule has 0 aliphatic heterocycles. The molecule has 3 N–H and O–H groups in total. The lowest BCUT2D eigenvalue weighted by Crippen LogP contribution is -2.54. The summed E-state index contributed by atoms with van der Waals surface area (Å²) in [6.07, 6.45) is 8.17. The summed E-state index contributed by atoms with van der Waals surface area (Å²) in [5.41, 5.74) is 3.03. The zero-order chi connectivity index (χ0) is 25.5. The lowest BCUT2D eigenvalue weighted by molar-refractivity contribution is -0.107. The Kier molecular flexibility index (Phi) is 6.70. The summed E-state index contributed by atoms with van der Waals surface area (Å²) in [5, 5.41) is 26.1. The number of fused-ring (bicyclic) bond motifs is 5. The zero-order valence-corrected chi connectivity index (χ0v) is 21.7. The van der Waals surface area contributed by atoms with Crippen LogP contribution in [0, 0.1) is 36.0 Å². The van der Waals surface area contributed by atoms with E-state index in [0.717, 1.165) is 49.8 Å². The van der Waals surface area contributed by atoms with E-state index in [0.29, 0.717) is 35.9 Å². The number of hydrogen-bond donors (Lipinski definition) is 3. The topological polar surface area (TPSA) is 82.5 Å². The van der Waals surface area contributed by atoms with Gasteiger partial charge < -0.3 is 15.5 Å². The number of carbonyl (C=O) groups is 1. The van der Waals surface area contributed by atoms with Gasteiger partial charge >= 0.3 is 0 Å². The van der Waals surface area contributed by atoms with Crippen LogP contribution in [0.15, 0.2) is 36.5 Å². The summed E-state index contributed by atoms with van der Waals surface area (Å²) in [7, 11) is 0. The summed E-state index contributed by atoms with van der Waals surface area (Å²) < 4.78 is 0. The average Bonchev–Trinajstić information content (AvgIpc) is 3.12. The van der Waals surface area contributed by atoms with Gasteiger partial charge in [0.15, 0.2) is 0 Å². The fraction of sp³-hybridized carbons (Fsp3) is 0.548. The van der Waals surface area contributed by atoms with Crippen LogP contribution in [0.5, 0.6) is 0 Å². The Hall–Kier alpha value is -2.68. The van der Waals surface area contributed by atoms with E-state index in [2.05, 4.69) is 42.1 Å². The molecule has 0 radical (unpaired) electrons. The maximum Gasteiger partial charge on any atom is 0.255 e. The maximum atomic E-state index is 13.0. The number of aryl methyl sites for hydroxylation is 2. The largest absolute Gasteiger partial charge is 0.392 e. The van der Waals surface area contributed by atoms with Gasteiger partial charge in [-0.2, -0.15) is 0 Å².